The van der Waals surface area contributed by atoms with Gasteiger partial charge in [0.05, 0.1) is 0 Å². The number of hydrogen-bond acceptors (Lipinski definition) is 4. The lowest BCUT2D eigenvalue weighted by atomic mass is 10.1. The molecule has 0 unspecified atom stereocenters. The molecule has 0 aliphatic carbocycles. The van der Waals surface area contributed by atoms with E-state index >= 15 is 0 Å². The average molecular weight is 285 g/mol. The number of aromatic nitrogens is 4. The maximum absolute atomic E-state index is 12.1. The summed E-state index contributed by atoms with van der Waals surface area (Å²) in [5.74, 6) is 0.419. The van der Waals surface area contributed by atoms with Gasteiger partial charge in [0.25, 0.3) is 0 Å². The summed E-state index contributed by atoms with van der Waals surface area (Å²) in [6, 6.07) is 5.32. The predicted molar refractivity (Wildman–Crippen MR) is 67.7 cm³/mol. The maximum atomic E-state index is 12.1. The maximum Gasteiger partial charge on any atom is 0.389 e. The number of rotatable bonds is 4. The van der Waals surface area contributed by atoms with Crippen LogP contribution in [0.2, 0.25) is 0 Å². The minimum absolute atomic E-state index is 0.0666. The zero-order valence-corrected chi connectivity index (χ0v) is 10.9. The highest BCUT2D eigenvalue weighted by Gasteiger charge is 2.26. The highest BCUT2D eigenvalue weighted by Crippen LogP contribution is 2.24. The second-order valence-corrected chi connectivity index (χ2v) is 4.58. The van der Waals surface area contributed by atoms with E-state index in [1.165, 1.54) is 4.68 Å². The number of nitrogen functional groups attached to an aromatic ring is 1. The zero-order chi connectivity index (χ0) is 14.8. The number of halogens is 3. The molecule has 5 nitrogen and oxygen atoms in total. The van der Waals surface area contributed by atoms with E-state index in [9.17, 15) is 13.2 Å². The standard InChI is InChI=1S/C12H14F3N5/c1-8-5-9(7-10(16)6-8)11-17-18-19-20(11)4-2-3-12(13,14)15/h5-7H,2-4,16H2,1H3. The molecule has 8 heteroatoms. The SMILES string of the molecule is Cc1cc(N)cc(-c2nnnn2CCCC(F)(F)F)c1. The van der Waals surface area contributed by atoms with Crippen molar-refractivity contribution in [1.82, 2.24) is 20.2 Å². The van der Waals surface area contributed by atoms with Crippen molar-refractivity contribution >= 4 is 5.69 Å². The minimum Gasteiger partial charge on any atom is -0.399 e. The van der Waals surface area contributed by atoms with E-state index in [4.69, 9.17) is 5.73 Å². The van der Waals surface area contributed by atoms with Crippen LogP contribution in [0.3, 0.4) is 0 Å². The van der Waals surface area contributed by atoms with Crippen LogP contribution in [-0.2, 0) is 6.54 Å². The van der Waals surface area contributed by atoms with E-state index in [1.54, 1.807) is 12.1 Å². The van der Waals surface area contributed by atoms with Crippen molar-refractivity contribution in [3.05, 3.63) is 23.8 Å². The molecule has 0 radical (unpaired) electrons. The van der Waals surface area contributed by atoms with Gasteiger partial charge in [0, 0.05) is 24.2 Å². The third-order valence-corrected chi connectivity index (χ3v) is 2.72. The van der Waals surface area contributed by atoms with Gasteiger partial charge >= 0.3 is 6.18 Å². The molecule has 2 aromatic rings. The summed E-state index contributed by atoms with van der Waals surface area (Å²) < 4.78 is 37.8. The Kier molecular flexibility index (Phi) is 3.91. The van der Waals surface area contributed by atoms with Gasteiger partial charge in [-0.2, -0.15) is 13.2 Å². The van der Waals surface area contributed by atoms with Crippen LogP contribution in [0, 0.1) is 6.92 Å². The Morgan fingerprint density at radius 1 is 1.25 bits per heavy atom. The topological polar surface area (TPSA) is 69.6 Å². The molecule has 1 aromatic heterocycles. The average Bonchev–Trinajstić information content (AvgIpc) is 2.74. The number of tetrazole rings is 1. The highest BCUT2D eigenvalue weighted by atomic mass is 19.4. The lowest BCUT2D eigenvalue weighted by molar-refractivity contribution is -0.136. The van der Waals surface area contributed by atoms with E-state index in [1.807, 2.05) is 13.0 Å². The van der Waals surface area contributed by atoms with Crippen molar-refractivity contribution < 1.29 is 13.2 Å². The van der Waals surface area contributed by atoms with Crippen LogP contribution in [0.5, 0.6) is 0 Å². The predicted octanol–water partition coefficient (Wildman–Crippen LogP) is 2.57. The van der Waals surface area contributed by atoms with Crippen molar-refractivity contribution in [2.75, 3.05) is 5.73 Å². The van der Waals surface area contributed by atoms with Crippen LogP contribution < -0.4 is 5.73 Å². The number of anilines is 1. The van der Waals surface area contributed by atoms with E-state index < -0.39 is 12.6 Å². The van der Waals surface area contributed by atoms with Crippen LogP contribution in [0.25, 0.3) is 11.4 Å². The fourth-order valence-corrected chi connectivity index (χ4v) is 1.93. The Bertz CT molecular complexity index is 571. The van der Waals surface area contributed by atoms with Crippen LogP contribution >= 0.6 is 0 Å². The summed E-state index contributed by atoms with van der Waals surface area (Å²) in [7, 11) is 0. The Balaban J connectivity index is 2.16. The zero-order valence-electron chi connectivity index (χ0n) is 10.9. The van der Waals surface area contributed by atoms with Crippen LogP contribution in [0.1, 0.15) is 18.4 Å². The lowest BCUT2D eigenvalue weighted by Gasteiger charge is -2.08. The van der Waals surface area contributed by atoms with Gasteiger partial charge in [0.2, 0.25) is 0 Å². The normalized spacial score (nSPS) is 11.8. The number of alkyl halides is 3. The fraction of sp³-hybridized carbons (Fsp3) is 0.417. The molecular weight excluding hydrogens is 271 g/mol. The third kappa shape index (κ3) is 3.69. The molecule has 0 saturated carbocycles. The first-order valence-electron chi connectivity index (χ1n) is 6.05. The molecule has 20 heavy (non-hydrogen) atoms. The fourth-order valence-electron chi connectivity index (χ4n) is 1.93. The number of aryl methyl sites for hydroxylation is 2. The second-order valence-electron chi connectivity index (χ2n) is 4.58. The number of nitrogens with two attached hydrogens (primary N) is 1. The van der Waals surface area contributed by atoms with E-state index in [0.717, 1.165) is 5.56 Å². The molecule has 2 N–H and O–H groups in total. The molecule has 0 aliphatic rings. The third-order valence-electron chi connectivity index (χ3n) is 2.72. The number of hydrogen-bond donors (Lipinski definition) is 1. The van der Waals surface area contributed by atoms with Gasteiger partial charge in [-0.1, -0.05) is 0 Å². The first-order valence-corrected chi connectivity index (χ1v) is 6.05. The molecular formula is C12H14F3N5. The summed E-state index contributed by atoms with van der Waals surface area (Å²) in [5, 5.41) is 11.1. The van der Waals surface area contributed by atoms with Crippen molar-refractivity contribution in [3.63, 3.8) is 0 Å². The van der Waals surface area contributed by atoms with Gasteiger partial charge in [-0.25, -0.2) is 4.68 Å². The van der Waals surface area contributed by atoms with Gasteiger partial charge in [0.1, 0.15) is 0 Å². The molecule has 1 aromatic carbocycles. The lowest BCUT2D eigenvalue weighted by Crippen LogP contribution is -2.10. The molecule has 0 saturated heterocycles. The largest absolute Gasteiger partial charge is 0.399 e. The summed E-state index contributed by atoms with van der Waals surface area (Å²) in [6.45, 7) is 1.98. The van der Waals surface area contributed by atoms with Crippen molar-refractivity contribution in [1.29, 1.82) is 0 Å². The van der Waals surface area contributed by atoms with E-state index in [-0.39, 0.29) is 13.0 Å². The van der Waals surface area contributed by atoms with Gasteiger partial charge in [-0.3, -0.25) is 0 Å². The minimum atomic E-state index is -4.16. The highest BCUT2D eigenvalue weighted by molar-refractivity contribution is 5.62. The summed E-state index contributed by atoms with van der Waals surface area (Å²) >= 11 is 0. The quantitative estimate of drug-likeness (QED) is 0.876. The second kappa shape index (κ2) is 5.48. The first kappa shape index (κ1) is 14.3. The van der Waals surface area contributed by atoms with Crippen molar-refractivity contribution in [2.24, 2.45) is 0 Å². The molecule has 1 heterocycles. The molecule has 0 spiro atoms. The smallest absolute Gasteiger partial charge is 0.389 e. The van der Waals surface area contributed by atoms with Crippen molar-refractivity contribution in [3.8, 4) is 11.4 Å². The number of benzene rings is 1. The molecule has 0 amide bonds. The van der Waals surface area contributed by atoms with Gasteiger partial charge < -0.3 is 5.73 Å². The van der Waals surface area contributed by atoms with Gasteiger partial charge in [-0.05, 0) is 47.5 Å². The molecule has 2 rings (SSSR count). The van der Waals surface area contributed by atoms with Gasteiger partial charge in [0.15, 0.2) is 5.82 Å². The van der Waals surface area contributed by atoms with Crippen LogP contribution in [0.4, 0.5) is 18.9 Å². The molecule has 0 aliphatic heterocycles. The van der Waals surface area contributed by atoms with Crippen LogP contribution in [0.15, 0.2) is 18.2 Å². The number of nitrogens with zero attached hydrogens (tertiary/aromatic N) is 4. The van der Waals surface area contributed by atoms with Crippen LogP contribution in [-0.4, -0.2) is 26.4 Å². The molecule has 0 bridgehead atoms. The summed E-state index contributed by atoms with van der Waals surface area (Å²) in [4.78, 5) is 0. The van der Waals surface area contributed by atoms with Gasteiger partial charge in [-0.15, -0.1) is 5.10 Å². The van der Waals surface area contributed by atoms with E-state index in [0.29, 0.717) is 17.1 Å². The Hall–Kier alpha value is -2.12. The molecule has 0 fully saturated rings. The Morgan fingerprint density at radius 2 is 2.00 bits per heavy atom. The Morgan fingerprint density at radius 3 is 2.65 bits per heavy atom. The monoisotopic (exact) mass is 285 g/mol. The summed E-state index contributed by atoms with van der Waals surface area (Å²) in [5.41, 5.74) is 7.94. The first-order chi connectivity index (χ1) is 9.35. The Labute approximate surface area is 113 Å². The molecule has 108 valence electrons. The summed E-state index contributed by atoms with van der Waals surface area (Å²) in [6.07, 6.45) is -5.09. The molecule has 0 atom stereocenters. The van der Waals surface area contributed by atoms with Crippen molar-refractivity contribution in [2.45, 2.75) is 32.5 Å². The van der Waals surface area contributed by atoms with E-state index in [2.05, 4.69) is 15.5 Å².